The Morgan fingerprint density at radius 1 is 1.42 bits per heavy atom. The molecule has 0 saturated carbocycles. The third kappa shape index (κ3) is 6.25. The molecule has 0 aliphatic rings. The average Bonchev–Trinajstić information content (AvgIpc) is 2.32. The molecule has 19 heavy (non-hydrogen) atoms. The van der Waals surface area contributed by atoms with Crippen molar-refractivity contribution < 1.29 is 9.53 Å². The van der Waals surface area contributed by atoms with Gasteiger partial charge in [0.1, 0.15) is 6.61 Å². The van der Waals surface area contributed by atoms with Crippen LogP contribution in [0.3, 0.4) is 0 Å². The summed E-state index contributed by atoms with van der Waals surface area (Å²) in [5, 5.41) is 2.82. The zero-order valence-corrected chi connectivity index (χ0v) is 12.0. The first-order valence-electron chi connectivity index (χ1n) is 6.72. The third-order valence-corrected chi connectivity index (χ3v) is 2.83. The van der Waals surface area contributed by atoms with E-state index < -0.39 is 0 Å². The lowest BCUT2D eigenvalue weighted by molar-refractivity contribution is -0.120. The van der Waals surface area contributed by atoms with Gasteiger partial charge in [-0.2, -0.15) is 0 Å². The van der Waals surface area contributed by atoms with Crippen molar-refractivity contribution >= 4 is 17.3 Å². The van der Waals surface area contributed by atoms with E-state index in [9.17, 15) is 4.79 Å². The maximum absolute atomic E-state index is 11.7. The fourth-order valence-corrected chi connectivity index (χ4v) is 1.77. The molecule has 0 radical (unpaired) electrons. The molecule has 0 unspecified atom stereocenters. The van der Waals surface area contributed by atoms with Crippen LogP contribution in [-0.2, 0) is 9.53 Å². The molecular formula is C15H24N2O2. The van der Waals surface area contributed by atoms with Crippen LogP contribution in [-0.4, -0.2) is 19.1 Å². The number of hydrogen-bond acceptors (Lipinski definition) is 3. The SMILES string of the molecule is Cc1cc(N)ccc1NC(=O)COCCCC(C)C. The number of hydrogen-bond donors (Lipinski definition) is 2. The van der Waals surface area contributed by atoms with Crippen molar-refractivity contribution in [2.45, 2.75) is 33.6 Å². The van der Waals surface area contributed by atoms with Crippen LogP contribution in [0.5, 0.6) is 0 Å². The molecule has 0 saturated heterocycles. The number of nitrogen functional groups attached to an aromatic ring is 1. The minimum absolute atomic E-state index is 0.0991. The lowest BCUT2D eigenvalue weighted by atomic mass is 10.1. The standard InChI is InChI=1S/C15H24N2O2/c1-11(2)5-4-8-19-10-15(18)17-14-7-6-13(16)9-12(14)3/h6-7,9,11H,4-5,8,10,16H2,1-3H3,(H,17,18). The molecule has 1 amide bonds. The highest BCUT2D eigenvalue weighted by Gasteiger charge is 2.05. The van der Waals surface area contributed by atoms with Crippen LogP contribution in [0.15, 0.2) is 18.2 Å². The van der Waals surface area contributed by atoms with Gasteiger partial charge in [0.15, 0.2) is 0 Å². The fraction of sp³-hybridized carbons (Fsp3) is 0.533. The molecule has 1 aromatic carbocycles. The Morgan fingerprint density at radius 2 is 2.16 bits per heavy atom. The normalized spacial score (nSPS) is 10.7. The van der Waals surface area contributed by atoms with E-state index in [0.29, 0.717) is 18.2 Å². The number of anilines is 2. The van der Waals surface area contributed by atoms with E-state index in [1.807, 2.05) is 13.0 Å². The monoisotopic (exact) mass is 264 g/mol. The smallest absolute Gasteiger partial charge is 0.250 e. The molecule has 0 aliphatic carbocycles. The molecule has 0 heterocycles. The summed E-state index contributed by atoms with van der Waals surface area (Å²) in [7, 11) is 0. The number of nitrogens with two attached hydrogens (primary N) is 1. The summed E-state index contributed by atoms with van der Waals surface area (Å²) in [5.74, 6) is 0.548. The van der Waals surface area contributed by atoms with Gasteiger partial charge in [0.2, 0.25) is 5.91 Å². The van der Waals surface area contributed by atoms with Gasteiger partial charge in [-0.25, -0.2) is 0 Å². The lowest BCUT2D eigenvalue weighted by Crippen LogP contribution is -2.19. The summed E-state index contributed by atoms with van der Waals surface area (Å²) in [5.41, 5.74) is 8.09. The number of aryl methyl sites for hydroxylation is 1. The minimum Gasteiger partial charge on any atom is -0.399 e. The molecule has 0 fully saturated rings. The van der Waals surface area contributed by atoms with E-state index in [-0.39, 0.29) is 12.5 Å². The molecule has 4 nitrogen and oxygen atoms in total. The topological polar surface area (TPSA) is 64.3 Å². The largest absolute Gasteiger partial charge is 0.399 e. The highest BCUT2D eigenvalue weighted by molar-refractivity contribution is 5.92. The van der Waals surface area contributed by atoms with Crippen LogP contribution in [0.1, 0.15) is 32.3 Å². The van der Waals surface area contributed by atoms with E-state index in [1.165, 1.54) is 0 Å². The molecule has 0 spiro atoms. The Bertz CT molecular complexity index is 417. The molecule has 0 atom stereocenters. The third-order valence-electron chi connectivity index (χ3n) is 2.83. The van der Waals surface area contributed by atoms with E-state index >= 15 is 0 Å². The van der Waals surface area contributed by atoms with Crippen LogP contribution < -0.4 is 11.1 Å². The zero-order valence-electron chi connectivity index (χ0n) is 12.0. The number of carbonyl (C=O) groups is 1. The Balaban J connectivity index is 2.27. The molecule has 3 N–H and O–H groups in total. The van der Waals surface area contributed by atoms with Gasteiger partial charge in [-0.3, -0.25) is 4.79 Å². The van der Waals surface area contributed by atoms with Gasteiger partial charge in [-0.15, -0.1) is 0 Å². The zero-order chi connectivity index (χ0) is 14.3. The number of amides is 1. The van der Waals surface area contributed by atoms with Crippen LogP contribution >= 0.6 is 0 Å². The minimum atomic E-state index is -0.127. The van der Waals surface area contributed by atoms with Crippen molar-refractivity contribution in [2.24, 2.45) is 5.92 Å². The Kier molecular flexibility index (Phi) is 6.36. The second-order valence-electron chi connectivity index (χ2n) is 5.21. The van der Waals surface area contributed by atoms with Gasteiger partial charge in [-0.05, 0) is 49.4 Å². The molecule has 106 valence electrons. The molecule has 0 aromatic heterocycles. The highest BCUT2D eigenvalue weighted by atomic mass is 16.5. The second-order valence-corrected chi connectivity index (χ2v) is 5.21. The molecule has 1 rings (SSSR count). The van der Waals surface area contributed by atoms with Gasteiger partial charge in [0, 0.05) is 18.0 Å². The predicted molar refractivity (Wildman–Crippen MR) is 79.1 cm³/mol. The van der Waals surface area contributed by atoms with Crippen LogP contribution in [0.2, 0.25) is 0 Å². The first-order valence-corrected chi connectivity index (χ1v) is 6.72. The van der Waals surface area contributed by atoms with Crippen molar-refractivity contribution in [3.8, 4) is 0 Å². The molecule has 0 bridgehead atoms. The van der Waals surface area contributed by atoms with Crippen molar-refractivity contribution in [1.29, 1.82) is 0 Å². The molecule has 0 aliphatic heterocycles. The van der Waals surface area contributed by atoms with Gasteiger partial charge in [0.05, 0.1) is 0 Å². The average molecular weight is 264 g/mol. The second kappa shape index (κ2) is 7.79. The molecule has 1 aromatic rings. The van der Waals surface area contributed by atoms with Gasteiger partial charge in [0.25, 0.3) is 0 Å². The maximum atomic E-state index is 11.7. The Labute approximate surface area is 115 Å². The predicted octanol–water partition coefficient (Wildman–Crippen LogP) is 2.97. The summed E-state index contributed by atoms with van der Waals surface area (Å²) in [6.07, 6.45) is 2.12. The first-order chi connectivity index (χ1) is 8.99. The summed E-state index contributed by atoms with van der Waals surface area (Å²) in [4.78, 5) is 11.7. The van der Waals surface area contributed by atoms with Crippen LogP contribution in [0, 0.1) is 12.8 Å². The van der Waals surface area contributed by atoms with Gasteiger partial charge >= 0.3 is 0 Å². The quantitative estimate of drug-likeness (QED) is 0.588. The summed E-state index contributed by atoms with van der Waals surface area (Å²) in [6.45, 7) is 7.00. The molecule has 4 heteroatoms. The molecular weight excluding hydrogens is 240 g/mol. The number of benzene rings is 1. The van der Waals surface area contributed by atoms with E-state index in [0.717, 1.165) is 24.1 Å². The van der Waals surface area contributed by atoms with Gasteiger partial charge < -0.3 is 15.8 Å². The van der Waals surface area contributed by atoms with Crippen molar-refractivity contribution in [1.82, 2.24) is 0 Å². The summed E-state index contributed by atoms with van der Waals surface area (Å²) in [6, 6.07) is 5.41. The van der Waals surface area contributed by atoms with Crippen molar-refractivity contribution in [3.63, 3.8) is 0 Å². The number of nitrogens with one attached hydrogen (secondary N) is 1. The van der Waals surface area contributed by atoms with E-state index in [2.05, 4.69) is 19.2 Å². The first kappa shape index (κ1) is 15.5. The van der Waals surface area contributed by atoms with Crippen molar-refractivity contribution in [3.05, 3.63) is 23.8 Å². The lowest BCUT2D eigenvalue weighted by Gasteiger charge is -2.10. The fourth-order valence-electron chi connectivity index (χ4n) is 1.77. The van der Waals surface area contributed by atoms with E-state index in [1.54, 1.807) is 12.1 Å². The summed E-state index contributed by atoms with van der Waals surface area (Å²) < 4.78 is 5.34. The number of ether oxygens (including phenoxy) is 1. The van der Waals surface area contributed by atoms with E-state index in [4.69, 9.17) is 10.5 Å². The Hall–Kier alpha value is -1.55. The van der Waals surface area contributed by atoms with Gasteiger partial charge in [-0.1, -0.05) is 13.8 Å². The maximum Gasteiger partial charge on any atom is 0.250 e. The number of carbonyl (C=O) groups excluding carboxylic acids is 1. The summed E-state index contributed by atoms with van der Waals surface area (Å²) >= 11 is 0. The van der Waals surface area contributed by atoms with Crippen molar-refractivity contribution in [2.75, 3.05) is 24.3 Å². The Morgan fingerprint density at radius 3 is 2.79 bits per heavy atom. The van der Waals surface area contributed by atoms with Crippen LogP contribution in [0.4, 0.5) is 11.4 Å². The van der Waals surface area contributed by atoms with Crippen LogP contribution in [0.25, 0.3) is 0 Å². The highest BCUT2D eigenvalue weighted by Crippen LogP contribution is 2.17. The number of rotatable bonds is 7.